The zero-order chi connectivity index (χ0) is 15.2. The van der Waals surface area contributed by atoms with Crippen LogP contribution in [0.1, 0.15) is 16.5 Å². The molecule has 0 spiro atoms. The summed E-state index contributed by atoms with van der Waals surface area (Å²) in [5.74, 6) is -1.15. The van der Waals surface area contributed by atoms with E-state index in [1.54, 1.807) is 17.5 Å². The van der Waals surface area contributed by atoms with Crippen LogP contribution in [0.2, 0.25) is 0 Å². The third-order valence-corrected chi connectivity index (χ3v) is 4.72. The molecule has 0 saturated heterocycles. The first kappa shape index (κ1) is 15.6. The second kappa shape index (κ2) is 7.28. The molecule has 4 nitrogen and oxygen atoms in total. The minimum absolute atomic E-state index is 0.193. The first-order chi connectivity index (χ1) is 10.1. The van der Waals surface area contributed by atoms with E-state index in [-0.39, 0.29) is 11.7 Å². The lowest BCUT2D eigenvalue weighted by Crippen LogP contribution is -2.34. The third-order valence-electron chi connectivity index (χ3n) is 2.77. The topological polar surface area (TPSA) is 66.4 Å². The van der Waals surface area contributed by atoms with Gasteiger partial charge in [0.05, 0.1) is 5.75 Å². The lowest BCUT2D eigenvalue weighted by molar-refractivity contribution is -0.141. The average Bonchev–Trinajstić information content (AvgIpc) is 2.97. The molecule has 21 heavy (non-hydrogen) atoms. The van der Waals surface area contributed by atoms with Crippen molar-refractivity contribution in [2.75, 3.05) is 5.75 Å². The molecule has 1 atom stereocenters. The highest BCUT2D eigenvalue weighted by Gasteiger charge is 2.22. The van der Waals surface area contributed by atoms with E-state index < -0.39 is 12.0 Å². The number of hydrogen-bond acceptors (Lipinski definition) is 4. The predicted octanol–water partition coefficient (Wildman–Crippen LogP) is 3.09. The summed E-state index contributed by atoms with van der Waals surface area (Å²) in [5.41, 5.74) is 1.16. The van der Waals surface area contributed by atoms with Gasteiger partial charge < -0.3 is 10.4 Å². The van der Waals surface area contributed by atoms with Gasteiger partial charge in [-0.3, -0.25) is 4.79 Å². The second-order valence-electron chi connectivity index (χ2n) is 4.46. The van der Waals surface area contributed by atoms with Gasteiger partial charge in [0.15, 0.2) is 6.04 Å². The Morgan fingerprint density at radius 3 is 2.57 bits per heavy atom. The highest BCUT2D eigenvalue weighted by atomic mass is 32.2. The number of carboxylic acids is 1. The maximum atomic E-state index is 11.9. The van der Waals surface area contributed by atoms with E-state index in [0.717, 1.165) is 10.5 Å². The zero-order valence-electron chi connectivity index (χ0n) is 11.4. The largest absolute Gasteiger partial charge is 0.479 e. The zero-order valence-corrected chi connectivity index (χ0v) is 13.0. The van der Waals surface area contributed by atoms with E-state index in [1.807, 2.05) is 31.2 Å². The van der Waals surface area contributed by atoms with Crippen molar-refractivity contribution in [3.05, 3.63) is 52.2 Å². The van der Waals surface area contributed by atoms with Crippen molar-refractivity contribution in [2.45, 2.75) is 17.9 Å². The maximum absolute atomic E-state index is 11.9. The van der Waals surface area contributed by atoms with Crippen molar-refractivity contribution in [3.8, 4) is 0 Å². The number of rotatable bonds is 6. The first-order valence-corrected chi connectivity index (χ1v) is 8.18. The minimum atomic E-state index is -1.05. The Kier molecular flexibility index (Phi) is 5.41. The number of carbonyl (C=O) groups is 2. The SMILES string of the molecule is Cc1ccc(SCC(=O)NC(C(=O)O)c2cccs2)cc1. The monoisotopic (exact) mass is 321 g/mol. The molecular weight excluding hydrogens is 306 g/mol. The molecule has 0 aliphatic rings. The molecule has 0 aliphatic heterocycles. The molecule has 0 bridgehead atoms. The molecule has 1 unspecified atom stereocenters. The second-order valence-corrected chi connectivity index (χ2v) is 6.48. The van der Waals surface area contributed by atoms with E-state index in [1.165, 1.54) is 23.1 Å². The summed E-state index contributed by atoms with van der Waals surface area (Å²) in [7, 11) is 0. The molecule has 2 aromatic rings. The Balaban J connectivity index is 1.91. The number of benzene rings is 1. The van der Waals surface area contributed by atoms with Gasteiger partial charge >= 0.3 is 5.97 Å². The van der Waals surface area contributed by atoms with E-state index in [0.29, 0.717) is 4.88 Å². The van der Waals surface area contributed by atoms with Crippen LogP contribution in [-0.4, -0.2) is 22.7 Å². The standard InChI is InChI=1S/C15H15NO3S2/c1-10-4-6-11(7-5-10)21-9-13(17)16-14(15(18)19)12-3-2-8-20-12/h2-8,14H,9H2,1H3,(H,16,17)(H,18,19). The molecule has 110 valence electrons. The van der Waals surface area contributed by atoms with Gasteiger partial charge in [-0.05, 0) is 30.5 Å². The maximum Gasteiger partial charge on any atom is 0.331 e. The highest BCUT2D eigenvalue weighted by molar-refractivity contribution is 8.00. The number of hydrogen-bond donors (Lipinski definition) is 2. The van der Waals surface area contributed by atoms with Crippen LogP contribution in [0.15, 0.2) is 46.7 Å². The van der Waals surface area contributed by atoms with Crippen LogP contribution in [-0.2, 0) is 9.59 Å². The fraction of sp³-hybridized carbons (Fsp3) is 0.200. The predicted molar refractivity (Wildman–Crippen MR) is 84.7 cm³/mol. The summed E-state index contributed by atoms with van der Waals surface area (Å²) < 4.78 is 0. The van der Waals surface area contributed by atoms with Crippen molar-refractivity contribution in [1.82, 2.24) is 5.32 Å². The Bertz CT molecular complexity index is 608. The van der Waals surface area contributed by atoms with Gasteiger partial charge in [-0.25, -0.2) is 4.79 Å². The number of carbonyl (C=O) groups excluding carboxylic acids is 1. The molecule has 0 radical (unpaired) electrons. The summed E-state index contributed by atoms with van der Waals surface area (Å²) in [6.07, 6.45) is 0. The Morgan fingerprint density at radius 2 is 2.00 bits per heavy atom. The first-order valence-electron chi connectivity index (χ1n) is 6.31. The average molecular weight is 321 g/mol. The Morgan fingerprint density at radius 1 is 1.29 bits per heavy atom. The van der Waals surface area contributed by atoms with Crippen LogP contribution < -0.4 is 5.32 Å². The Labute approximate surface area is 131 Å². The van der Waals surface area contributed by atoms with Crippen molar-refractivity contribution in [2.24, 2.45) is 0 Å². The quantitative estimate of drug-likeness (QED) is 0.802. The van der Waals surface area contributed by atoms with Crippen LogP contribution in [0, 0.1) is 6.92 Å². The van der Waals surface area contributed by atoms with Crippen LogP contribution >= 0.6 is 23.1 Å². The van der Waals surface area contributed by atoms with Gasteiger partial charge in [0, 0.05) is 9.77 Å². The summed E-state index contributed by atoms with van der Waals surface area (Å²) in [6.45, 7) is 2.00. The lowest BCUT2D eigenvalue weighted by Gasteiger charge is -2.12. The molecule has 1 aromatic carbocycles. The van der Waals surface area contributed by atoms with E-state index >= 15 is 0 Å². The summed E-state index contributed by atoms with van der Waals surface area (Å²) in [6, 6.07) is 10.3. The van der Waals surface area contributed by atoms with Gasteiger partial charge in [-0.15, -0.1) is 23.1 Å². The van der Waals surface area contributed by atoms with Crippen LogP contribution in [0.3, 0.4) is 0 Å². The third kappa shape index (κ3) is 4.61. The van der Waals surface area contributed by atoms with Crippen molar-refractivity contribution in [1.29, 1.82) is 0 Å². The van der Waals surface area contributed by atoms with Crippen molar-refractivity contribution in [3.63, 3.8) is 0 Å². The number of aliphatic carboxylic acids is 1. The van der Waals surface area contributed by atoms with Crippen molar-refractivity contribution >= 4 is 35.0 Å². The number of thioether (sulfide) groups is 1. The number of amides is 1. The van der Waals surface area contributed by atoms with Gasteiger partial charge in [0.1, 0.15) is 0 Å². The van der Waals surface area contributed by atoms with Gasteiger partial charge in [0.25, 0.3) is 0 Å². The Hall–Kier alpha value is -1.79. The van der Waals surface area contributed by atoms with Crippen molar-refractivity contribution < 1.29 is 14.7 Å². The molecule has 1 aromatic heterocycles. The molecule has 2 rings (SSSR count). The van der Waals surface area contributed by atoms with E-state index in [9.17, 15) is 14.7 Å². The molecule has 0 saturated carbocycles. The number of aryl methyl sites for hydroxylation is 1. The fourth-order valence-corrected chi connectivity index (χ4v) is 3.17. The lowest BCUT2D eigenvalue weighted by atomic mass is 10.2. The van der Waals surface area contributed by atoms with Gasteiger partial charge in [-0.2, -0.15) is 0 Å². The van der Waals surface area contributed by atoms with E-state index in [2.05, 4.69) is 5.32 Å². The number of thiophene rings is 1. The molecule has 1 amide bonds. The molecule has 2 N–H and O–H groups in total. The normalized spacial score (nSPS) is 11.9. The smallest absolute Gasteiger partial charge is 0.331 e. The summed E-state index contributed by atoms with van der Waals surface area (Å²) >= 11 is 2.70. The summed E-state index contributed by atoms with van der Waals surface area (Å²) in [5, 5.41) is 13.5. The highest BCUT2D eigenvalue weighted by Crippen LogP contribution is 2.21. The van der Waals surface area contributed by atoms with Crippen LogP contribution in [0.25, 0.3) is 0 Å². The van der Waals surface area contributed by atoms with Gasteiger partial charge in [0.2, 0.25) is 5.91 Å². The van der Waals surface area contributed by atoms with Crippen LogP contribution in [0.5, 0.6) is 0 Å². The molecule has 0 aliphatic carbocycles. The molecule has 0 fully saturated rings. The van der Waals surface area contributed by atoms with Crippen LogP contribution in [0.4, 0.5) is 0 Å². The number of carboxylic acid groups (broad SMARTS) is 1. The fourth-order valence-electron chi connectivity index (χ4n) is 1.70. The minimum Gasteiger partial charge on any atom is -0.479 e. The van der Waals surface area contributed by atoms with Gasteiger partial charge in [-0.1, -0.05) is 23.8 Å². The molecular formula is C15H15NO3S2. The number of nitrogens with one attached hydrogen (secondary N) is 1. The molecule has 6 heteroatoms. The summed E-state index contributed by atoms with van der Waals surface area (Å²) in [4.78, 5) is 24.7. The van der Waals surface area contributed by atoms with E-state index in [4.69, 9.17) is 0 Å². The molecule has 1 heterocycles.